The van der Waals surface area contributed by atoms with Gasteiger partial charge >= 0.3 is 0 Å². The van der Waals surface area contributed by atoms with Crippen LogP contribution >= 0.6 is 0 Å². The molecule has 0 bridgehead atoms. The summed E-state index contributed by atoms with van der Waals surface area (Å²) in [4.78, 5) is 0. The Kier molecular flexibility index (Phi) is 3.07. The van der Waals surface area contributed by atoms with Gasteiger partial charge in [-0.15, -0.1) is 6.58 Å². The maximum absolute atomic E-state index is 10.2. The maximum atomic E-state index is 10.2. The molecule has 0 saturated heterocycles. The summed E-state index contributed by atoms with van der Waals surface area (Å²) in [6, 6.07) is 14.1. The molecule has 0 heterocycles. The number of fused-ring (bicyclic) bond motifs is 1. The first-order chi connectivity index (χ1) is 7.74. The van der Waals surface area contributed by atoms with Crippen molar-refractivity contribution in [3.63, 3.8) is 0 Å². The largest absolute Gasteiger partial charge is 0.388 e. The molecule has 82 valence electrons. The first kappa shape index (κ1) is 10.9. The second-order valence-corrected chi connectivity index (χ2v) is 4.11. The molecule has 2 rings (SSSR count). The molecule has 0 aliphatic rings. The lowest BCUT2D eigenvalue weighted by atomic mass is 9.93. The first-order valence-electron chi connectivity index (χ1n) is 5.52. The van der Waals surface area contributed by atoms with Gasteiger partial charge in [0.1, 0.15) is 0 Å². The van der Waals surface area contributed by atoms with Gasteiger partial charge in [-0.2, -0.15) is 0 Å². The van der Waals surface area contributed by atoms with Gasteiger partial charge in [-0.25, -0.2) is 0 Å². The van der Waals surface area contributed by atoms with Crippen molar-refractivity contribution < 1.29 is 5.11 Å². The molecule has 1 nitrogen and oxygen atoms in total. The Balaban J connectivity index is 2.56. The highest BCUT2D eigenvalue weighted by Gasteiger charge is 2.15. The predicted molar refractivity (Wildman–Crippen MR) is 68.3 cm³/mol. The molecule has 0 aliphatic heterocycles. The molecule has 0 fully saturated rings. The van der Waals surface area contributed by atoms with Crippen LogP contribution in [0.1, 0.15) is 18.6 Å². The molecule has 2 aromatic carbocycles. The normalized spacial score (nSPS) is 14.6. The zero-order valence-electron chi connectivity index (χ0n) is 9.43. The van der Waals surface area contributed by atoms with Crippen molar-refractivity contribution >= 4 is 10.8 Å². The number of aliphatic hydroxyl groups is 1. The smallest absolute Gasteiger partial charge is 0.0855 e. The fraction of sp³-hybridized carbons (Fsp3) is 0.200. The zero-order chi connectivity index (χ0) is 11.5. The third kappa shape index (κ3) is 1.86. The van der Waals surface area contributed by atoms with E-state index in [1.54, 1.807) is 6.08 Å². The van der Waals surface area contributed by atoms with E-state index >= 15 is 0 Å². The van der Waals surface area contributed by atoms with E-state index in [2.05, 4.69) is 18.7 Å². The van der Waals surface area contributed by atoms with Crippen LogP contribution in [0.15, 0.2) is 55.1 Å². The Hall–Kier alpha value is -1.60. The van der Waals surface area contributed by atoms with Gasteiger partial charge in [0.2, 0.25) is 0 Å². The maximum Gasteiger partial charge on any atom is 0.0855 e. The molecular formula is C15H16O. The van der Waals surface area contributed by atoms with Crippen molar-refractivity contribution in [1.82, 2.24) is 0 Å². The molecule has 1 heteroatoms. The summed E-state index contributed by atoms with van der Waals surface area (Å²) >= 11 is 0. The van der Waals surface area contributed by atoms with Gasteiger partial charge in [0, 0.05) is 5.92 Å². The fourth-order valence-electron chi connectivity index (χ4n) is 1.92. The second-order valence-electron chi connectivity index (χ2n) is 4.11. The van der Waals surface area contributed by atoms with Gasteiger partial charge in [-0.3, -0.25) is 0 Å². The fourth-order valence-corrected chi connectivity index (χ4v) is 1.92. The number of hydrogen-bond donors (Lipinski definition) is 1. The van der Waals surface area contributed by atoms with Crippen LogP contribution in [0.5, 0.6) is 0 Å². The standard InChI is InChI=1S/C15H16O/c1-3-11(2)15(16)14-10-6-8-12-7-4-5-9-13(12)14/h3-11,15-16H,1H2,2H3/t11-,15-/m1/s1. The number of hydrogen-bond acceptors (Lipinski definition) is 1. The van der Waals surface area contributed by atoms with Crippen molar-refractivity contribution in [3.8, 4) is 0 Å². The second kappa shape index (κ2) is 4.50. The summed E-state index contributed by atoms with van der Waals surface area (Å²) in [6.07, 6.45) is 1.30. The van der Waals surface area contributed by atoms with Gasteiger partial charge in [0.05, 0.1) is 6.10 Å². The van der Waals surface area contributed by atoms with Gasteiger partial charge in [0.25, 0.3) is 0 Å². The van der Waals surface area contributed by atoms with Crippen LogP contribution < -0.4 is 0 Å². The highest BCUT2D eigenvalue weighted by Crippen LogP contribution is 2.29. The van der Waals surface area contributed by atoms with E-state index < -0.39 is 6.10 Å². The predicted octanol–water partition coefficient (Wildman–Crippen LogP) is 3.70. The molecule has 2 atom stereocenters. The van der Waals surface area contributed by atoms with Gasteiger partial charge < -0.3 is 5.11 Å². The topological polar surface area (TPSA) is 20.2 Å². The summed E-state index contributed by atoms with van der Waals surface area (Å²) in [7, 11) is 0. The van der Waals surface area contributed by atoms with Crippen molar-refractivity contribution in [2.75, 3.05) is 0 Å². The Labute approximate surface area is 96.0 Å². The molecule has 0 amide bonds. The average molecular weight is 212 g/mol. The van der Waals surface area contributed by atoms with Crippen molar-refractivity contribution in [2.45, 2.75) is 13.0 Å². The molecule has 2 aromatic rings. The minimum atomic E-state index is -0.483. The van der Waals surface area contributed by atoms with Crippen LogP contribution in [0.3, 0.4) is 0 Å². The Morgan fingerprint density at radius 3 is 2.56 bits per heavy atom. The van der Waals surface area contributed by atoms with E-state index in [0.717, 1.165) is 16.3 Å². The average Bonchev–Trinajstić information content (AvgIpc) is 2.36. The van der Waals surface area contributed by atoms with E-state index in [0.29, 0.717) is 0 Å². The van der Waals surface area contributed by atoms with E-state index in [1.807, 2.05) is 37.3 Å². The number of benzene rings is 2. The monoisotopic (exact) mass is 212 g/mol. The van der Waals surface area contributed by atoms with Gasteiger partial charge in [-0.05, 0) is 16.3 Å². The molecule has 0 aliphatic carbocycles. The molecule has 0 radical (unpaired) electrons. The first-order valence-corrected chi connectivity index (χ1v) is 5.52. The molecule has 0 aromatic heterocycles. The zero-order valence-corrected chi connectivity index (χ0v) is 9.43. The van der Waals surface area contributed by atoms with E-state index in [4.69, 9.17) is 0 Å². The van der Waals surface area contributed by atoms with Crippen LogP contribution in [0.2, 0.25) is 0 Å². The van der Waals surface area contributed by atoms with Gasteiger partial charge in [0.15, 0.2) is 0 Å². The highest BCUT2D eigenvalue weighted by atomic mass is 16.3. The van der Waals surface area contributed by atoms with Crippen LogP contribution in [-0.2, 0) is 0 Å². The van der Waals surface area contributed by atoms with Crippen LogP contribution in [-0.4, -0.2) is 5.11 Å². The van der Waals surface area contributed by atoms with Crippen molar-refractivity contribution in [3.05, 3.63) is 60.7 Å². The third-order valence-corrected chi connectivity index (χ3v) is 3.01. The number of aliphatic hydroxyl groups excluding tert-OH is 1. The summed E-state index contributed by atoms with van der Waals surface area (Å²) in [5, 5.41) is 12.5. The summed E-state index contributed by atoms with van der Waals surface area (Å²) in [5.41, 5.74) is 0.977. The molecule has 0 spiro atoms. The van der Waals surface area contributed by atoms with Crippen molar-refractivity contribution in [1.29, 1.82) is 0 Å². The van der Waals surface area contributed by atoms with Gasteiger partial charge in [-0.1, -0.05) is 55.5 Å². The molecule has 0 saturated carbocycles. The summed E-state index contributed by atoms with van der Waals surface area (Å²) in [5.74, 6) is 0.0609. The van der Waals surface area contributed by atoms with E-state index in [1.165, 1.54) is 0 Å². The molecular weight excluding hydrogens is 196 g/mol. The lowest BCUT2D eigenvalue weighted by Crippen LogP contribution is -2.06. The van der Waals surface area contributed by atoms with E-state index in [-0.39, 0.29) is 5.92 Å². The third-order valence-electron chi connectivity index (χ3n) is 3.01. The SMILES string of the molecule is C=C[C@@H](C)[C@@H](O)c1cccc2ccccc12. The van der Waals surface area contributed by atoms with Crippen LogP contribution in [0, 0.1) is 5.92 Å². The van der Waals surface area contributed by atoms with Crippen LogP contribution in [0.25, 0.3) is 10.8 Å². The Morgan fingerprint density at radius 2 is 1.81 bits per heavy atom. The summed E-state index contributed by atoms with van der Waals surface area (Å²) in [6.45, 7) is 5.70. The Morgan fingerprint density at radius 1 is 1.12 bits per heavy atom. The van der Waals surface area contributed by atoms with Crippen molar-refractivity contribution in [2.24, 2.45) is 5.92 Å². The van der Waals surface area contributed by atoms with E-state index in [9.17, 15) is 5.11 Å². The minimum absolute atomic E-state index is 0.0609. The highest BCUT2D eigenvalue weighted by molar-refractivity contribution is 5.86. The number of rotatable bonds is 3. The minimum Gasteiger partial charge on any atom is -0.388 e. The molecule has 0 unspecified atom stereocenters. The summed E-state index contributed by atoms with van der Waals surface area (Å²) < 4.78 is 0. The Bertz CT molecular complexity index is 496. The molecule has 1 N–H and O–H groups in total. The lowest BCUT2D eigenvalue weighted by molar-refractivity contribution is 0.141. The quantitative estimate of drug-likeness (QED) is 0.769. The lowest BCUT2D eigenvalue weighted by Gasteiger charge is -2.17. The molecule has 16 heavy (non-hydrogen) atoms. The van der Waals surface area contributed by atoms with Crippen LogP contribution in [0.4, 0.5) is 0 Å².